The van der Waals surface area contributed by atoms with Gasteiger partial charge >= 0.3 is 0 Å². The van der Waals surface area contributed by atoms with E-state index in [9.17, 15) is 0 Å². The molecule has 0 saturated heterocycles. The zero-order valence-electron chi connectivity index (χ0n) is 36.2. The molecule has 0 radical (unpaired) electrons. The average molecular weight is 865 g/mol. The van der Waals surface area contributed by atoms with Crippen molar-refractivity contribution in [3.05, 3.63) is 217 Å². The Balaban J connectivity index is 0.928. The quantitative estimate of drug-likeness (QED) is 0.160. The van der Waals surface area contributed by atoms with E-state index in [0.29, 0.717) is 17.5 Å². The first-order chi connectivity index (χ1) is 32.4. The number of hydrogen-bond donors (Lipinski definition) is 0. The minimum atomic E-state index is -0.126. The summed E-state index contributed by atoms with van der Waals surface area (Å²) in [7, 11) is 0. The standard InChI is InChI=1S/C60H40N4OS/c1-60(2)50-21-11-9-18-44(50)45-31-29-43(36-51(45)60)64(42-30-33-55-48(35-42)46-19-10-12-23-54(46)66-55)41-27-24-37(25-28-41)40-26-32-52-49(34-40)56-47(20-13-22-53(56)65-52)59-62-57(38-14-5-3-6-15-38)61-58(63-59)39-16-7-4-8-17-39/h3-36H,1-2H3. The van der Waals surface area contributed by atoms with Crippen LogP contribution in [0.3, 0.4) is 0 Å². The predicted octanol–water partition coefficient (Wildman–Crippen LogP) is 16.6. The molecule has 6 heteroatoms. The Bertz CT molecular complexity index is 3800. The number of thiophene rings is 1. The Kier molecular flexibility index (Phi) is 8.67. The van der Waals surface area contributed by atoms with Crippen LogP contribution in [-0.4, -0.2) is 15.0 Å². The average Bonchev–Trinajstić information content (AvgIpc) is 4.01. The van der Waals surface area contributed by atoms with Crippen LogP contribution in [0.5, 0.6) is 0 Å². The Morgan fingerprint density at radius 3 is 1.79 bits per heavy atom. The molecule has 5 nitrogen and oxygen atoms in total. The fraction of sp³-hybridized carbons (Fsp3) is 0.0500. The molecule has 0 bridgehead atoms. The second kappa shape index (κ2) is 14.9. The van der Waals surface area contributed by atoms with Crippen LogP contribution in [-0.2, 0) is 5.41 Å². The maximum absolute atomic E-state index is 6.52. The van der Waals surface area contributed by atoms with Crippen molar-refractivity contribution >= 4 is 70.5 Å². The molecule has 0 atom stereocenters. The van der Waals surface area contributed by atoms with Gasteiger partial charge < -0.3 is 9.32 Å². The third-order valence-corrected chi connectivity index (χ3v) is 14.5. The summed E-state index contributed by atoms with van der Waals surface area (Å²) in [6, 6.07) is 73.3. The molecule has 0 amide bonds. The van der Waals surface area contributed by atoms with Gasteiger partial charge in [0.2, 0.25) is 0 Å². The Morgan fingerprint density at radius 2 is 1.00 bits per heavy atom. The lowest BCUT2D eigenvalue weighted by atomic mass is 9.82. The topological polar surface area (TPSA) is 55.1 Å². The molecule has 0 saturated carbocycles. The second-order valence-electron chi connectivity index (χ2n) is 17.6. The van der Waals surface area contributed by atoms with Crippen molar-refractivity contribution < 1.29 is 4.42 Å². The van der Waals surface area contributed by atoms with Gasteiger partial charge in [-0.2, -0.15) is 0 Å². The van der Waals surface area contributed by atoms with Crippen LogP contribution in [0.1, 0.15) is 25.0 Å². The van der Waals surface area contributed by atoms with Crippen molar-refractivity contribution in [2.75, 3.05) is 4.90 Å². The second-order valence-corrected chi connectivity index (χ2v) is 18.7. The number of fused-ring (bicyclic) bond motifs is 9. The van der Waals surface area contributed by atoms with E-state index in [4.69, 9.17) is 19.4 Å². The smallest absolute Gasteiger partial charge is 0.164 e. The van der Waals surface area contributed by atoms with Gasteiger partial charge in [0.15, 0.2) is 17.5 Å². The number of anilines is 3. The number of furan rings is 1. The molecule has 0 spiro atoms. The number of nitrogens with zero attached hydrogens (tertiary/aromatic N) is 4. The van der Waals surface area contributed by atoms with Crippen LogP contribution >= 0.6 is 11.3 Å². The molecule has 0 aliphatic heterocycles. The molecule has 312 valence electrons. The summed E-state index contributed by atoms with van der Waals surface area (Å²) in [5.41, 5.74) is 15.1. The van der Waals surface area contributed by atoms with Gasteiger partial charge in [0, 0.05) is 70.1 Å². The minimum absolute atomic E-state index is 0.126. The largest absolute Gasteiger partial charge is 0.456 e. The first-order valence-corrected chi connectivity index (χ1v) is 23.2. The van der Waals surface area contributed by atoms with Crippen molar-refractivity contribution in [3.63, 3.8) is 0 Å². The molecule has 9 aromatic carbocycles. The summed E-state index contributed by atoms with van der Waals surface area (Å²) >= 11 is 1.85. The van der Waals surface area contributed by atoms with Crippen LogP contribution < -0.4 is 4.90 Å². The molecule has 0 fully saturated rings. The van der Waals surface area contributed by atoms with Crippen molar-refractivity contribution in [3.8, 4) is 56.4 Å². The summed E-state index contributed by atoms with van der Waals surface area (Å²) in [5, 5.41) is 4.53. The van der Waals surface area contributed by atoms with Gasteiger partial charge in [0.05, 0.1) is 0 Å². The lowest BCUT2D eigenvalue weighted by Gasteiger charge is -2.28. The van der Waals surface area contributed by atoms with Crippen molar-refractivity contribution in [2.45, 2.75) is 19.3 Å². The van der Waals surface area contributed by atoms with E-state index >= 15 is 0 Å². The molecule has 12 aromatic rings. The van der Waals surface area contributed by atoms with Crippen LogP contribution in [0, 0.1) is 0 Å². The first kappa shape index (κ1) is 38.3. The van der Waals surface area contributed by atoms with Gasteiger partial charge in [0.1, 0.15) is 11.2 Å². The Labute approximate surface area is 386 Å². The highest BCUT2D eigenvalue weighted by molar-refractivity contribution is 7.25. The van der Waals surface area contributed by atoms with Crippen LogP contribution in [0.4, 0.5) is 17.1 Å². The summed E-state index contributed by atoms with van der Waals surface area (Å²) in [4.78, 5) is 17.5. The molecule has 1 aliphatic carbocycles. The van der Waals surface area contributed by atoms with E-state index in [1.807, 2.05) is 84.1 Å². The Hall–Kier alpha value is -8.19. The molecule has 3 heterocycles. The number of aromatic nitrogens is 3. The zero-order valence-corrected chi connectivity index (χ0v) is 37.1. The van der Waals surface area contributed by atoms with Crippen molar-refractivity contribution in [1.82, 2.24) is 15.0 Å². The SMILES string of the molecule is CC1(C)c2ccccc2-c2ccc(N(c3ccc(-c4ccc5oc6cccc(-c7nc(-c8ccccc8)nc(-c8ccccc8)n7)c6c5c4)cc3)c3ccc4sc5ccccc5c4c3)cc21. The van der Waals surface area contributed by atoms with Gasteiger partial charge in [0.25, 0.3) is 0 Å². The number of rotatable bonds is 7. The van der Waals surface area contributed by atoms with E-state index < -0.39 is 0 Å². The van der Waals surface area contributed by atoms with Gasteiger partial charge in [-0.05, 0) is 100 Å². The van der Waals surface area contributed by atoms with E-state index in [1.54, 1.807) is 0 Å². The van der Waals surface area contributed by atoms with E-state index in [-0.39, 0.29) is 5.41 Å². The van der Waals surface area contributed by atoms with E-state index in [1.165, 1.54) is 42.4 Å². The normalized spacial score (nSPS) is 12.8. The highest BCUT2D eigenvalue weighted by Gasteiger charge is 2.36. The molecule has 0 unspecified atom stereocenters. The fourth-order valence-electron chi connectivity index (χ4n) is 10.1. The maximum Gasteiger partial charge on any atom is 0.164 e. The van der Waals surface area contributed by atoms with Crippen molar-refractivity contribution in [2.24, 2.45) is 0 Å². The Morgan fingerprint density at radius 1 is 0.394 bits per heavy atom. The highest BCUT2D eigenvalue weighted by Crippen LogP contribution is 2.51. The summed E-state index contributed by atoms with van der Waals surface area (Å²) in [6.07, 6.45) is 0. The number of benzene rings is 9. The van der Waals surface area contributed by atoms with Gasteiger partial charge in [-0.3, -0.25) is 0 Å². The molecule has 1 aliphatic rings. The molecular weight excluding hydrogens is 825 g/mol. The summed E-state index contributed by atoms with van der Waals surface area (Å²) in [6.45, 7) is 4.70. The zero-order chi connectivity index (χ0) is 43.9. The molecule has 3 aromatic heterocycles. The lowest BCUT2D eigenvalue weighted by Crippen LogP contribution is -2.16. The minimum Gasteiger partial charge on any atom is -0.456 e. The summed E-state index contributed by atoms with van der Waals surface area (Å²) < 4.78 is 9.11. The van der Waals surface area contributed by atoms with Gasteiger partial charge in [-0.1, -0.05) is 153 Å². The third kappa shape index (κ3) is 6.17. The number of hydrogen-bond acceptors (Lipinski definition) is 6. The molecule has 13 rings (SSSR count). The van der Waals surface area contributed by atoms with Crippen LogP contribution in [0.2, 0.25) is 0 Å². The molecule has 0 N–H and O–H groups in total. The summed E-state index contributed by atoms with van der Waals surface area (Å²) in [5.74, 6) is 1.84. The monoisotopic (exact) mass is 864 g/mol. The van der Waals surface area contributed by atoms with E-state index in [0.717, 1.165) is 66.8 Å². The first-order valence-electron chi connectivity index (χ1n) is 22.3. The van der Waals surface area contributed by atoms with Crippen LogP contribution in [0.15, 0.2) is 211 Å². The van der Waals surface area contributed by atoms with Crippen molar-refractivity contribution in [1.29, 1.82) is 0 Å². The highest BCUT2D eigenvalue weighted by atomic mass is 32.1. The van der Waals surface area contributed by atoms with E-state index in [2.05, 4.69) is 152 Å². The van der Waals surface area contributed by atoms with Crippen LogP contribution in [0.25, 0.3) is 98.5 Å². The predicted molar refractivity (Wildman–Crippen MR) is 274 cm³/mol. The fourth-order valence-corrected chi connectivity index (χ4v) is 11.1. The molecular formula is C60H40N4OS. The van der Waals surface area contributed by atoms with Gasteiger partial charge in [-0.25, -0.2) is 15.0 Å². The lowest BCUT2D eigenvalue weighted by molar-refractivity contribution is 0.660. The maximum atomic E-state index is 6.52. The third-order valence-electron chi connectivity index (χ3n) is 13.3. The van der Waals surface area contributed by atoms with Gasteiger partial charge in [-0.15, -0.1) is 11.3 Å². The molecule has 66 heavy (non-hydrogen) atoms.